The van der Waals surface area contributed by atoms with Gasteiger partial charge in [-0.05, 0) is 45.6 Å². The fourth-order valence-electron chi connectivity index (χ4n) is 2.52. The molecule has 1 aromatic carbocycles. The van der Waals surface area contributed by atoms with Crippen LogP contribution >= 0.6 is 0 Å². The summed E-state index contributed by atoms with van der Waals surface area (Å²) in [5, 5.41) is 2.93. The lowest BCUT2D eigenvalue weighted by Crippen LogP contribution is -2.32. The molecule has 120 valence electrons. The van der Waals surface area contributed by atoms with Crippen molar-refractivity contribution in [1.82, 2.24) is 10.2 Å². The molecule has 0 bridgehead atoms. The normalized spacial score (nSPS) is 19.8. The molecule has 2 atom stereocenters. The van der Waals surface area contributed by atoms with Crippen molar-refractivity contribution in [3.63, 3.8) is 0 Å². The molecule has 5 heteroatoms. The number of hydrogen-bond donors (Lipinski definition) is 1. The fourth-order valence-corrected chi connectivity index (χ4v) is 2.52. The van der Waals surface area contributed by atoms with Crippen LogP contribution < -0.4 is 10.2 Å². The minimum Gasteiger partial charge on any atom is -0.356 e. The van der Waals surface area contributed by atoms with Crippen LogP contribution in [-0.4, -0.2) is 50.9 Å². The summed E-state index contributed by atoms with van der Waals surface area (Å²) in [4.78, 5) is 28.1. The van der Waals surface area contributed by atoms with E-state index in [2.05, 4.69) is 10.2 Å². The molecule has 1 aliphatic carbocycles. The van der Waals surface area contributed by atoms with E-state index in [9.17, 15) is 9.59 Å². The summed E-state index contributed by atoms with van der Waals surface area (Å²) < 4.78 is 0. The predicted octanol–water partition coefficient (Wildman–Crippen LogP) is 1.35. The Morgan fingerprint density at radius 2 is 1.82 bits per heavy atom. The number of rotatable bonds is 7. The summed E-state index contributed by atoms with van der Waals surface area (Å²) in [7, 11) is 5.79. The Kier molecular flexibility index (Phi) is 5.55. The predicted molar refractivity (Wildman–Crippen MR) is 87.6 cm³/mol. The molecule has 0 aliphatic heterocycles. The van der Waals surface area contributed by atoms with Crippen LogP contribution in [0, 0.1) is 11.8 Å². The molecule has 1 aromatic rings. The van der Waals surface area contributed by atoms with Gasteiger partial charge in [-0.2, -0.15) is 0 Å². The number of carbonyl (C=O) groups is 2. The number of hydrogen-bond acceptors (Lipinski definition) is 3. The van der Waals surface area contributed by atoms with E-state index >= 15 is 0 Å². The van der Waals surface area contributed by atoms with Crippen molar-refractivity contribution in [2.75, 3.05) is 39.1 Å². The third-order valence-electron chi connectivity index (χ3n) is 4.00. The van der Waals surface area contributed by atoms with Gasteiger partial charge in [-0.3, -0.25) is 9.59 Å². The highest BCUT2D eigenvalue weighted by atomic mass is 16.2. The van der Waals surface area contributed by atoms with Crippen molar-refractivity contribution in [3.05, 3.63) is 30.3 Å². The Bertz CT molecular complexity index is 516. The van der Waals surface area contributed by atoms with Gasteiger partial charge in [0.2, 0.25) is 11.8 Å². The highest BCUT2D eigenvalue weighted by Crippen LogP contribution is 2.40. The van der Waals surface area contributed by atoms with Gasteiger partial charge in [0.25, 0.3) is 0 Å². The van der Waals surface area contributed by atoms with Crippen LogP contribution in [0.25, 0.3) is 0 Å². The van der Waals surface area contributed by atoms with Crippen LogP contribution in [0.2, 0.25) is 0 Å². The Balaban J connectivity index is 1.77. The SMILES string of the molecule is CN(C)CCCNC(=O)C1CC1C(=O)N(C)c1ccccc1. The Labute approximate surface area is 132 Å². The van der Waals surface area contributed by atoms with Crippen LogP contribution in [0.15, 0.2) is 30.3 Å². The number of nitrogens with one attached hydrogen (secondary N) is 1. The zero-order valence-corrected chi connectivity index (χ0v) is 13.6. The van der Waals surface area contributed by atoms with E-state index in [1.165, 1.54) is 0 Å². The van der Waals surface area contributed by atoms with Gasteiger partial charge in [-0.1, -0.05) is 18.2 Å². The molecule has 1 saturated carbocycles. The summed E-state index contributed by atoms with van der Waals surface area (Å²) in [5.74, 6) is -0.282. The average Bonchev–Trinajstić information content (AvgIpc) is 3.31. The van der Waals surface area contributed by atoms with E-state index < -0.39 is 0 Å². The van der Waals surface area contributed by atoms with Gasteiger partial charge < -0.3 is 15.1 Å². The molecule has 2 amide bonds. The molecule has 0 spiro atoms. The molecular formula is C17H25N3O2. The van der Waals surface area contributed by atoms with Crippen LogP contribution in [0.1, 0.15) is 12.8 Å². The maximum atomic E-state index is 12.4. The summed E-state index contributed by atoms with van der Waals surface area (Å²) in [6, 6.07) is 9.53. The fraction of sp³-hybridized carbons (Fsp3) is 0.529. The highest BCUT2D eigenvalue weighted by Gasteiger charge is 2.49. The lowest BCUT2D eigenvalue weighted by Gasteiger charge is -2.17. The van der Waals surface area contributed by atoms with Crippen LogP contribution in [-0.2, 0) is 9.59 Å². The number of amides is 2. The zero-order chi connectivity index (χ0) is 16.1. The molecule has 0 heterocycles. The quantitative estimate of drug-likeness (QED) is 0.774. The van der Waals surface area contributed by atoms with Crippen molar-refractivity contribution >= 4 is 17.5 Å². The first kappa shape index (κ1) is 16.5. The van der Waals surface area contributed by atoms with Crippen molar-refractivity contribution < 1.29 is 9.59 Å². The van der Waals surface area contributed by atoms with E-state index in [4.69, 9.17) is 0 Å². The van der Waals surface area contributed by atoms with Gasteiger partial charge in [0.05, 0.1) is 11.8 Å². The first-order valence-electron chi connectivity index (χ1n) is 7.75. The minimum absolute atomic E-state index is 0.0126. The number of anilines is 1. The molecule has 0 radical (unpaired) electrons. The average molecular weight is 303 g/mol. The van der Waals surface area contributed by atoms with Gasteiger partial charge in [-0.15, -0.1) is 0 Å². The Morgan fingerprint density at radius 1 is 1.14 bits per heavy atom. The molecule has 5 nitrogen and oxygen atoms in total. The zero-order valence-electron chi connectivity index (χ0n) is 13.6. The van der Waals surface area contributed by atoms with Gasteiger partial charge >= 0.3 is 0 Å². The largest absolute Gasteiger partial charge is 0.356 e. The Morgan fingerprint density at radius 3 is 2.45 bits per heavy atom. The van der Waals surface area contributed by atoms with Crippen LogP contribution in [0.5, 0.6) is 0 Å². The molecule has 2 rings (SSSR count). The maximum Gasteiger partial charge on any atom is 0.230 e. The summed E-state index contributed by atoms with van der Waals surface area (Å²) in [6.45, 7) is 1.62. The second-order valence-corrected chi connectivity index (χ2v) is 6.13. The standard InChI is InChI=1S/C17H25N3O2/c1-19(2)11-7-10-18-16(21)14-12-15(14)17(22)20(3)13-8-5-4-6-9-13/h4-6,8-9,14-15H,7,10-12H2,1-3H3,(H,18,21). The summed E-state index contributed by atoms with van der Waals surface area (Å²) >= 11 is 0. The second kappa shape index (κ2) is 7.40. The molecule has 0 saturated heterocycles. The monoisotopic (exact) mass is 303 g/mol. The van der Waals surface area contributed by atoms with Gasteiger partial charge in [0, 0.05) is 19.3 Å². The molecule has 22 heavy (non-hydrogen) atoms. The van der Waals surface area contributed by atoms with Crippen LogP contribution in [0.3, 0.4) is 0 Å². The summed E-state index contributed by atoms with van der Waals surface area (Å²) in [5.41, 5.74) is 0.865. The lowest BCUT2D eigenvalue weighted by molar-refractivity contribution is -0.125. The van der Waals surface area contributed by atoms with E-state index in [1.54, 1.807) is 11.9 Å². The third-order valence-corrected chi connectivity index (χ3v) is 4.00. The Hall–Kier alpha value is -1.88. The summed E-state index contributed by atoms with van der Waals surface area (Å²) in [6.07, 6.45) is 1.59. The second-order valence-electron chi connectivity index (χ2n) is 6.13. The van der Waals surface area contributed by atoms with Crippen molar-refractivity contribution in [1.29, 1.82) is 0 Å². The van der Waals surface area contributed by atoms with E-state index in [-0.39, 0.29) is 23.7 Å². The van der Waals surface area contributed by atoms with Crippen molar-refractivity contribution in [3.8, 4) is 0 Å². The lowest BCUT2D eigenvalue weighted by atomic mass is 10.2. The minimum atomic E-state index is -0.168. The molecule has 2 unspecified atom stereocenters. The first-order valence-corrected chi connectivity index (χ1v) is 7.75. The molecule has 1 fully saturated rings. The molecule has 1 N–H and O–H groups in total. The third kappa shape index (κ3) is 4.31. The molecular weight excluding hydrogens is 278 g/mol. The van der Waals surface area contributed by atoms with E-state index in [0.29, 0.717) is 13.0 Å². The number of para-hydroxylation sites is 1. The van der Waals surface area contributed by atoms with E-state index in [0.717, 1.165) is 18.7 Å². The number of benzene rings is 1. The molecule has 0 aromatic heterocycles. The maximum absolute atomic E-state index is 12.4. The smallest absolute Gasteiger partial charge is 0.230 e. The van der Waals surface area contributed by atoms with Gasteiger partial charge in [0.15, 0.2) is 0 Å². The number of carbonyl (C=O) groups excluding carboxylic acids is 2. The van der Waals surface area contributed by atoms with Gasteiger partial charge in [-0.25, -0.2) is 0 Å². The first-order chi connectivity index (χ1) is 10.5. The van der Waals surface area contributed by atoms with E-state index in [1.807, 2.05) is 44.4 Å². The molecule has 1 aliphatic rings. The number of nitrogens with zero attached hydrogens (tertiary/aromatic N) is 2. The van der Waals surface area contributed by atoms with Gasteiger partial charge in [0.1, 0.15) is 0 Å². The highest BCUT2D eigenvalue weighted by molar-refractivity contribution is 6.00. The van der Waals surface area contributed by atoms with Crippen LogP contribution in [0.4, 0.5) is 5.69 Å². The topological polar surface area (TPSA) is 52.7 Å². The van der Waals surface area contributed by atoms with Crippen molar-refractivity contribution in [2.45, 2.75) is 12.8 Å². The van der Waals surface area contributed by atoms with Crippen molar-refractivity contribution in [2.24, 2.45) is 11.8 Å².